The van der Waals surface area contributed by atoms with Crippen molar-refractivity contribution in [1.82, 2.24) is 4.98 Å². The first-order valence-corrected chi connectivity index (χ1v) is 6.76. The number of benzene rings is 1. The average molecular weight is 327 g/mol. The molecule has 0 fully saturated rings. The number of furan rings is 1. The summed E-state index contributed by atoms with van der Waals surface area (Å²) in [5.41, 5.74) is 1.37. The summed E-state index contributed by atoms with van der Waals surface area (Å²) in [6.45, 7) is 3.10. The number of carbonyl (C=O) groups is 2. The number of amides is 1. The topological polar surface area (TPSA) is 129 Å². The van der Waals surface area contributed by atoms with E-state index in [0.717, 1.165) is 0 Å². The SMILES string of the molecule is Cc1nc(C)c(C(=O)Nc2c(C#N)oc3ccccc23)o1.O=CO. The quantitative estimate of drug-likeness (QED) is 0.692. The molecule has 8 nitrogen and oxygen atoms in total. The number of rotatable bonds is 2. The molecule has 0 bridgehead atoms. The first-order chi connectivity index (χ1) is 11.5. The average Bonchev–Trinajstić information content (AvgIpc) is 3.08. The highest BCUT2D eigenvalue weighted by Gasteiger charge is 2.21. The fourth-order valence-corrected chi connectivity index (χ4v) is 2.16. The van der Waals surface area contributed by atoms with Crippen LogP contribution < -0.4 is 5.32 Å². The third-order valence-electron chi connectivity index (χ3n) is 3.05. The van der Waals surface area contributed by atoms with Gasteiger partial charge in [-0.3, -0.25) is 9.59 Å². The number of nitrogens with zero attached hydrogens (tertiary/aromatic N) is 2. The van der Waals surface area contributed by atoms with E-state index in [1.165, 1.54) is 0 Å². The molecule has 24 heavy (non-hydrogen) atoms. The number of nitriles is 1. The molecule has 2 heterocycles. The van der Waals surface area contributed by atoms with Crippen LogP contribution in [0.2, 0.25) is 0 Å². The number of carbonyl (C=O) groups excluding carboxylic acids is 1. The van der Waals surface area contributed by atoms with Crippen LogP contribution in [0, 0.1) is 25.2 Å². The van der Waals surface area contributed by atoms with E-state index in [0.29, 0.717) is 28.2 Å². The van der Waals surface area contributed by atoms with Gasteiger partial charge in [0.05, 0.1) is 5.69 Å². The molecular formula is C16H13N3O5. The van der Waals surface area contributed by atoms with Crippen LogP contribution in [0.1, 0.15) is 27.9 Å². The van der Waals surface area contributed by atoms with Gasteiger partial charge in [0.25, 0.3) is 12.4 Å². The molecule has 122 valence electrons. The van der Waals surface area contributed by atoms with Gasteiger partial charge in [0.1, 0.15) is 17.3 Å². The summed E-state index contributed by atoms with van der Waals surface area (Å²) in [5.74, 6) is 0.131. The van der Waals surface area contributed by atoms with Gasteiger partial charge >= 0.3 is 0 Å². The fourth-order valence-electron chi connectivity index (χ4n) is 2.16. The Kier molecular flexibility index (Phi) is 4.96. The van der Waals surface area contributed by atoms with Crippen LogP contribution >= 0.6 is 0 Å². The minimum absolute atomic E-state index is 0.0541. The lowest BCUT2D eigenvalue weighted by Gasteiger charge is -2.01. The lowest BCUT2D eigenvalue weighted by atomic mass is 10.2. The summed E-state index contributed by atoms with van der Waals surface area (Å²) in [6.07, 6.45) is 0. The summed E-state index contributed by atoms with van der Waals surface area (Å²) >= 11 is 0. The highest BCUT2D eigenvalue weighted by Crippen LogP contribution is 2.30. The number of aromatic nitrogens is 1. The smallest absolute Gasteiger partial charge is 0.293 e. The number of aryl methyl sites for hydroxylation is 2. The first-order valence-electron chi connectivity index (χ1n) is 6.76. The molecule has 0 saturated carbocycles. The van der Waals surface area contributed by atoms with Crippen molar-refractivity contribution < 1.29 is 23.5 Å². The minimum atomic E-state index is -0.462. The van der Waals surface area contributed by atoms with E-state index < -0.39 is 5.91 Å². The number of anilines is 1. The Bertz CT molecular complexity index is 933. The zero-order valence-corrected chi connectivity index (χ0v) is 12.9. The molecule has 2 N–H and O–H groups in total. The van der Waals surface area contributed by atoms with Gasteiger partial charge in [0.2, 0.25) is 11.5 Å². The summed E-state index contributed by atoms with van der Waals surface area (Å²) in [6, 6.07) is 9.04. The number of fused-ring (bicyclic) bond motifs is 1. The number of hydrogen-bond donors (Lipinski definition) is 2. The van der Waals surface area contributed by atoms with Crippen molar-refractivity contribution in [3.63, 3.8) is 0 Å². The van der Waals surface area contributed by atoms with Crippen molar-refractivity contribution in [2.75, 3.05) is 5.32 Å². The Balaban J connectivity index is 0.000000647. The summed E-state index contributed by atoms with van der Waals surface area (Å²) in [4.78, 5) is 24.7. The van der Waals surface area contributed by atoms with Gasteiger partial charge in [-0.15, -0.1) is 0 Å². The zero-order chi connectivity index (χ0) is 17.7. The molecule has 2 aromatic heterocycles. The van der Waals surface area contributed by atoms with Gasteiger partial charge in [-0.1, -0.05) is 12.1 Å². The Morgan fingerprint density at radius 2 is 2.00 bits per heavy atom. The molecule has 1 amide bonds. The molecule has 0 unspecified atom stereocenters. The lowest BCUT2D eigenvalue weighted by Crippen LogP contribution is -2.12. The van der Waals surface area contributed by atoms with E-state index in [4.69, 9.17) is 24.0 Å². The molecular weight excluding hydrogens is 314 g/mol. The third-order valence-corrected chi connectivity index (χ3v) is 3.05. The third kappa shape index (κ3) is 3.25. The molecule has 0 aliphatic rings. The maximum atomic E-state index is 12.3. The molecule has 0 spiro atoms. The van der Waals surface area contributed by atoms with Gasteiger partial charge in [-0.25, -0.2) is 4.98 Å². The van der Waals surface area contributed by atoms with Crippen LogP contribution in [-0.4, -0.2) is 22.5 Å². The van der Waals surface area contributed by atoms with Gasteiger partial charge < -0.3 is 19.3 Å². The molecule has 1 aromatic carbocycles. The summed E-state index contributed by atoms with van der Waals surface area (Å²) in [5, 5.41) is 19.3. The van der Waals surface area contributed by atoms with Crippen molar-refractivity contribution in [3.05, 3.63) is 47.4 Å². The fraction of sp³-hybridized carbons (Fsp3) is 0.125. The van der Waals surface area contributed by atoms with Gasteiger partial charge in [-0.2, -0.15) is 5.26 Å². The lowest BCUT2D eigenvalue weighted by molar-refractivity contribution is -0.122. The summed E-state index contributed by atoms with van der Waals surface area (Å²) in [7, 11) is 0. The normalized spacial score (nSPS) is 9.71. The Labute approximate surface area is 136 Å². The Morgan fingerprint density at radius 3 is 2.58 bits per heavy atom. The molecule has 0 saturated heterocycles. The van der Waals surface area contributed by atoms with E-state index in [2.05, 4.69) is 10.3 Å². The second-order valence-electron chi connectivity index (χ2n) is 4.62. The number of hydrogen-bond acceptors (Lipinski definition) is 6. The molecule has 0 radical (unpaired) electrons. The largest absolute Gasteiger partial charge is 0.483 e. The van der Waals surface area contributed by atoms with E-state index >= 15 is 0 Å². The highest BCUT2D eigenvalue weighted by atomic mass is 16.4. The zero-order valence-electron chi connectivity index (χ0n) is 12.9. The van der Waals surface area contributed by atoms with Crippen LogP contribution in [0.4, 0.5) is 5.69 Å². The number of para-hydroxylation sites is 1. The first kappa shape index (κ1) is 16.8. The van der Waals surface area contributed by atoms with Crippen molar-refractivity contribution in [2.45, 2.75) is 13.8 Å². The standard InChI is InChI=1S/C15H11N3O3.CH2O2/c1-8-14(20-9(2)17-8)15(19)18-13-10-5-3-4-6-11(10)21-12(13)7-16;2-1-3/h3-6H,1-2H3,(H,18,19);1H,(H,2,3). The van der Waals surface area contributed by atoms with E-state index in [-0.39, 0.29) is 18.0 Å². The molecule has 0 atom stereocenters. The van der Waals surface area contributed by atoms with E-state index in [1.54, 1.807) is 38.1 Å². The predicted molar refractivity (Wildman–Crippen MR) is 83.6 cm³/mol. The number of oxazole rings is 1. The number of nitrogens with one attached hydrogen (secondary N) is 1. The minimum Gasteiger partial charge on any atom is -0.483 e. The van der Waals surface area contributed by atoms with Crippen molar-refractivity contribution in [3.8, 4) is 6.07 Å². The van der Waals surface area contributed by atoms with Crippen LogP contribution in [0.25, 0.3) is 11.0 Å². The predicted octanol–water partition coefficient (Wildman–Crippen LogP) is 2.86. The number of carboxylic acid groups (broad SMARTS) is 1. The van der Waals surface area contributed by atoms with Crippen molar-refractivity contribution in [1.29, 1.82) is 5.26 Å². The molecule has 0 aliphatic heterocycles. The van der Waals surface area contributed by atoms with Crippen LogP contribution in [-0.2, 0) is 4.79 Å². The second kappa shape index (κ2) is 7.11. The van der Waals surface area contributed by atoms with Crippen molar-refractivity contribution in [2.24, 2.45) is 0 Å². The molecule has 0 aliphatic carbocycles. The van der Waals surface area contributed by atoms with Crippen LogP contribution in [0.5, 0.6) is 0 Å². The summed E-state index contributed by atoms with van der Waals surface area (Å²) < 4.78 is 10.7. The van der Waals surface area contributed by atoms with E-state index in [9.17, 15) is 4.79 Å². The van der Waals surface area contributed by atoms with Gasteiger partial charge in [0.15, 0.2) is 5.89 Å². The Hall–Kier alpha value is -3.60. The van der Waals surface area contributed by atoms with E-state index in [1.807, 2.05) is 6.07 Å². The monoisotopic (exact) mass is 327 g/mol. The maximum absolute atomic E-state index is 12.3. The van der Waals surface area contributed by atoms with Crippen LogP contribution in [0.3, 0.4) is 0 Å². The molecule has 8 heteroatoms. The molecule has 3 rings (SSSR count). The van der Waals surface area contributed by atoms with Gasteiger partial charge in [-0.05, 0) is 19.1 Å². The second-order valence-corrected chi connectivity index (χ2v) is 4.62. The van der Waals surface area contributed by atoms with Crippen molar-refractivity contribution >= 4 is 29.0 Å². The van der Waals surface area contributed by atoms with Gasteiger partial charge in [0, 0.05) is 12.3 Å². The molecule has 3 aromatic rings. The Morgan fingerprint density at radius 1 is 1.33 bits per heavy atom. The van der Waals surface area contributed by atoms with Crippen LogP contribution in [0.15, 0.2) is 33.1 Å². The highest BCUT2D eigenvalue weighted by molar-refractivity contribution is 6.08. The maximum Gasteiger partial charge on any atom is 0.293 e.